The van der Waals surface area contributed by atoms with Crippen LogP contribution in [0.25, 0.3) is 0 Å². The first-order chi connectivity index (χ1) is 13.1. The summed E-state index contributed by atoms with van der Waals surface area (Å²) in [6, 6.07) is 6.25. The molecule has 0 unspecified atom stereocenters. The van der Waals surface area contributed by atoms with E-state index in [-0.39, 0.29) is 13.0 Å². The second-order valence-corrected chi connectivity index (χ2v) is 6.74. The molecule has 1 aromatic carbocycles. The summed E-state index contributed by atoms with van der Waals surface area (Å²) in [4.78, 5) is 38.2. The number of nitrogens with one attached hydrogen (secondary N) is 2. The molecule has 1 atom stereocenters. The molecule has 1 aromatic rings. The number of hydrogen-bond acceptors (Lipinski definition) is 6. The highest BCUT2D eigenvalue weighted by atomic mass is 32.3. The summed E-state index contributed by atoms with van der Waals surface area (Å²) >= 11 is 0. The van der Waals surface area contributed by atoms with Crippen LogP contribution in [-0.4, -0.2) is 60.4 Å². The minimum Gasteiger partial charge on any atom is -0.311 e. The summed E-state index contributed by atoms with van der Waals surface area (Å²) in [7, 11) is -3.52. The van der Waals surface area contributed by atoms with Crippen LogP contribution in [0, 0.1) is 0 Å². The third kappa shape index (κ3) is 7.13. The predicted octanol–water partition coefficient (Wildman–Crippen LogP) is 0.724. The number of urea groups is 1. The highest BCUT2D eigenvalue weighted by molar-refractivity contribution is 7.80. The number of hydroxylamine groups is 1. The van der Waals surface area contributed by atoms with Crippen LogP contribution >= 0.6 is 0 Å². The molecule has 4 amide bonds. The first kappa shape index (κ1) is 23.3. The fourth-order valence-corrected chi connectivity index (χ4v) is 2.60. The van der Waals surface area contributed by atoms with E-state index in [2.05, 4.69) is 9.71 Å². The molecular formula is C16H24N4O7S. The van der Waals surface area contributed by atoms with Gasteiger partial charge < -0.3 is 4.90 Å². The molecule has 156 valence electrons. The second kappa shape index (κ2) is 10.6. The Morgan fingerprint density at radius 3 is 2.29 bits per heavy atom. The van der Waals surface area contributed by atoms with Crippen molar-refractivity contribution in [1.82, 2.24) is 20.8 Å². The summed E-state index contributed by atoms with van der Waals surface area (Å²) in [6.45, 7) is 3.40. The minimum atomic E-state index is -4.89. The van der Waals surface area contributed by atoms with E-state index >= 15 is 0 Å². The fourth-order valence-electron chi connectivity index (χ4n) is 2.42. The molecule has 1 rings (SSSR count). The zero-order chi connectivity index (χ0) is 21.3. The Morgan fingerprint density at radius 2 is 1.79 bits per heavy atom. The quantitative estimate of drug-likeness (QED) is 0.418. The van der Waals surface area contributed by atoms with Crippen molar-refractivity contribution >= 4 is 28.2 Å². The van der Waals surface area contributed by atoms with Gasteiger partial charge in [0.15, 0.2) is 0 Å². The number of nitrogens with zero attached hydrogens (tertiary/aromatic N) is 2. The minimum absolute atomic E-state index is 0.0368. The number of hydrogen-bond donors (Lipinski definition) is 3. The maximum atomic E-state index is 12.7. The van der Waals surface area contributed by atoms with E-state index in [1.165, 1.54) is 7.05 Å². The van der Waals surface area contributed by atoms with Crippen LogP contribution in [0.5, 0.6) is 0 Å². The standard InChI is InChI=1S/C16H24N4O7S/c1-4-9-13(20(5-2)16(23)18-27-28(24,25)26)14(21)17-19(3)15(22)12-10-7-6-8-11-12/h6-8,10-11,13H,4-5,9H2,1-3H3,(H,17,21)(H,18,23)(H,24,25,26)/t13-/m0/s1. The smallest absolute Gasteiger partial charge is 0.311 e. The van der Waals surface area contributed by atoms with Crippen LogP contribution in [0.2, 0.25) is 0 Å². The Labute approximate surface area is 163 Å². The SMILES string of the molecule is CCC[C@@H](C(=O)NN(C)C(=O)c1ccccc1)N(CC)C(=O)NOS(=O)(=O)O. The van der Waals surface area contributed by atoms with Gasteiger partial charge in [-0.05, 0) is 25.5 Å². The monoisotopic (exact) mass is 416 g/mol. The summed E-state index contributed by atoms with van der Waals surface area (Å²) < 4.78 is 33.6. The molecule has 0 saturated heterocycles. The van der Waals surface area contributed by atoms with E-state index in [0.29, 0.717) is 12.0 Å². The number of benzene rings is 1. The number of hydrazine groups is 1. The molecule has 0 aliphatic carbocycles. The molecule has 0 heterocycles. The van der Waals surface area contributed by atoms with Crippen molar-refractivity contribution in [2.75, 3.05) is 13.6 Å². The highest BCUT2D eigenvalue weighted by Gasteiger charge is 2.30. The van der Waals surface area contributed by atoms with Gasteiger partial charge in [-0.3, -0.25) is 24.6 Å². The topological polar surface area (TPSA) is 145 Å². The fraction of sp³-hybridized carbons (Fsp3) is 0.438. The van der Waals surface area contributed by atoms with Crippen molar-refractivity contribution in [3.05, 3.63) is 35.9 Å². The van der Waals surface area contributed by atoms with Crippen molar-refractivity contribution in [2.45, 2.75) is 32.7 Å². The largest absolute Gasteiger partial charge is 0.418 e. The third-order valence-electron chi connectivity index (χ3n) is 3.68. The van der Waals surface area contributed by atoms with Gasteiger partial charge in [0.25, 0.3) is 11.8 Å². The average molecular weight is 416 g/mol. The van der Waals surface area contributed by atoms with Crippen molar-refractivity contribution in [1.29, 1.82) is 0 Å². The maximum absolute atomic E-state index is 12.7. The van der Waals surface area contributed by atoms with Gasteiger partial charge >= 0.3 is 16.4 Å². The van der Waals surface area contributed by atoms with Crippen molar-refractivity contribution in [2.24, 2.45) is 0 Å². The lowest BCUT2D eigenvalue weighted by Gasteiger charge is -2.30. The van der Waals surface area contributed by atoms with E-state index in [1.807, 2.05) is 0 Å². The molecular weight excluding hydrogens is 392 g/mol. The molecule has 0 saturated carbocycles. The molecule has 0 aliphatic heterocycles. The normalized spacial score (nSPS) is 12.0. The van der Waals surface area contributed by atoms with Gasteiger partial charge in [-0.2, -0.15) is 13.9 Å². The van der Waals surface area contributed by atoms with Crippen LogP contribution in [0.1, 0.15) is 37.0 Å². The summed E-state index contributed by atoms with van der Waals surface area (Å²) in [5.74, 6) is -1.09. The summed E-state index contributed by atoms with van der Waals surface area (Å²) in [5.41, 5.74) is 4.34. The Morgan fingerprint density at radius 1 is 1.18 bits per heavy atom. The lowest BCUT2D eigenvalue weighted by Crippen LogP contribution is -2.56. The average Bonchev–Trinajstić information content (AvgIpc) is 2.65. The Balaban J connectivity index is 2.87. The predicted molar refractivity (Wildman–Crippen MR) is 98.9 cm³/mol. The van der Waals surface area contributed by atoms with E-state index in [0.717, 1.165) is 9.91 Å². The van der Waals surface area contributed by atoms with Gasteiger partial charge in [0.2, 0.25) is 0 Å². The molecule has 0 fully saturated rings. The van der Waals surface area contributed by atoms with Crippen LogP contribution < -0.4 is 10.9 Å². The first-order valence-corrected chi connectivity index (χ1v) is 9.83. The van der Waals surface area contributed by atoms with E-state index < -0.39 is 34.3 Å². The van der Waals surface area contributed by atoms with Gasteiger partial charge in [-0.15, -0.1) is 4.28 Å². The third-order valence-corrected chi connectivity index (χ3v) is 3.97. The zero-order valence-electron chi connectivity index (χ0n) is 15.8. The van der Waals surface area contributed by atoms with E-state index in [4.69, 9.17) is 4.55 Å². The van der Waals surface area contributed by atoms with E-state index in [1.54, 1.807) is 49.7 Å². The number of carbonyl (C=O) groups is 3. The zero-order valence-corrected chi connectivity index (χ0v) is 16.6. The number of carbonyl (C=O) groups excluding carboxylic acids is 3. The molecule has 12 heteroatoms. The lowest BCUT2D eigenvalue weighted by molar-refractivity contribution is -0.129. The number of likely N-dealkylation sites (N-methyl/N-ethyl adjacent to an activating group) is 1. The molecule has 28 heavy (non-hydrogen) atoms. The van der Waals surface area contributed by atoms with Crippen molar-refractivity contribution < 1.29 is 31.6 Å². The van der Waals surface area contributed by atoms with Crippen molar-refractivity contribution in [3.63, 3.8) is 0 Å². The van der Waals surface area contributed by atoms with Gasteiger partial charge in [0.05, 0.1) is 0 Å². The Kier molecular flexibility index (Phi) is 8.82. The molecule has 0 radical (unpaired) electrons. The van der Waals surface area contributed by atoms with Crippen LogP contribution in [0.15, 0.2) is 30.3 Å². The van der Waals surface area contributed by atoms with Crippen LogP contribution in [-0.2, 0) is 19.5 Å². The molecule has 0 bridgehead atoms. The summed E-state index contributed by atoms with van der Waals surface area (Å²) in [6.07, 6.45) is 0.768. The second-order valence-electron chi connectivity index (χ2n) is 5.72. The van der Waals surface area contributed by atoms with Gasteiger partial charge in [0, 0.05) is 19.2 Å². The van der Waals surface area contributed by atoms with Gasteiger partial charge in [-0.25, -0.2) is 4.79 Å². The van der Waals surface area contributed by atoms with Crippen molar-refractivity contribution in [3.8, 4) is 0 Å². The Bertz CT molecular complexity index is 785. The molecule has 0 aromatic heterocycles. The first-order valence-electron chi connectivity index (χ1n) is 8.46. The molecule has 0 spiro atoms. The number of amides is 4. The van der Waals surface area contributed by atoms with Crippen LogP contribution in [0.4, 0.5) is 4.79 Å². The summed E-state index contributed by atoms with van der Waals surface area (Å²) in [5, 5.41) is 1.00. The molecule has 0 aliphatic rings. The number of rotatable bonds is 8. The maximum Gasteiger partial charge on any atom is 0.418 e. The van der Waals surface area contributed by atoms with Gasteiger partial charge in [-0.1, -0.05) is 31.5 Å². The highest BCUT2D eigenvalue weighted by Crippen LogP contribution is 2.09. The molecule has 11 nitrogen and oxygen atoms in total. The molecule has 3 N–H and O–H groups in total. The van der Waals surface area contributed by atoms with Crippen LogP contribution in [0.3, 0.4) is 0 Å². The lowest BCUT2D eigenvalue weighted by atomic mass is 10.1. The Hall–Kier alpha value is -2.70. The van der Waals surface area contributed by atoms with E-state index in [9.17, 15) is 22.8 Å². The van der Waals surface area contributed by atoms with Gasteiger partial charge in [0.1, 0.15) is 6.04 Å².